The van der Waals surface area contributed by atoms with E-state index in [0.717, 1.165) is 10.2 Å². The van der Waals surface area contributed by atoms with Crippen molar-refractivity contribution in [3.63, 3.8) is 0 Å². The minimum Gasteiger partial charge on any atom is -0.397 e. The molecule has 0 spiro atoms. The van der Waals surface area contributed by atoms with Crippen molar-refractivity contribution >= 4 is 62.0 Å². The summed E-state index contributed by atoms with van der Waals surface area (Å²) in [5.74, 6) is -0.320. The zero-order valence-electron chi connectivity index (χ0n) is 10.6. The molecule has 0 aliphatic heterocycles. The van der Waals surface area contributed by atoms with Gasteiger partial charge in [-0.25, -0.2) is 4.98 Å². The predicted octanol–water partition coefficient (Wildman–Crippen LogP) is 4.44. The van der Waals surface area contributed by atoms with Gasteiger partial charge >= 0.3 is 0 Å². The van der Waals surface area contributed by atoms with Crippen LogP contribution in [0, 0.1) is 0 Å². The molecule has 4 nitrogen and oxygen atoms in total. The first-order valence-corrected chi connectivity index (χ1v) is 7.53. The number of anilines is 2. The topological polar surface area (TPSA) is 68.0 Å². The lowest BCUT2D eigenvalue weighted by atomic mass is 10.2. The molecule has 0 unspecified atom stereocenters. The van der Waals surface area contributed by atoms with E-state index in [9.17, 15) is 4.79 Å². The van der Waals surface area contributed by atoms with Crippen molar-refractivity contribution in [2.45, 2.75) is 0 Å². The summed E-state index contributed by atoms with van der Waals surface area (Å²) in [5.41, 5.74) is 6.92. The Morgan fingerprint density at radius 2 is 2.10 bits per heavy atom. The lowest BCUT2D eigenvalue weighted by Crippen LogP contribution is -2.12. The van der Waals surface area contributed by atoms with Crippen LogP contribution >= 0.6 is 34.5 Å². The van der Waals surface area contributed by atoms with Gasteiger partial charge in [-0.2, -0.15) is 0 Å². The highest BCUT2D eigenvalue weighted by atomic mass is 35.5. The molecular formula is C14H9Cl2N3OS. The number of hydrogen-bond donors (Lipinski definition) is 2. The molecule has 0 saturated carbocycles. The number of thiophene rings is 1. The molecule has 1 amide bonds. The first kappa shape index (κ1) is 14.1. The van der Waals surface area contributed by atoms with Crippen LogP contribution < -0.4 is 11.1 Å². The minimum atomic E-state index is -0.320. The van der Waals surface area contributed by atoms with Gasteiger partial charge in [0.2, 0.25) is 0 Å². The average molecular weight is 338 g/mol. The Balaban J connectivity index is 1.95. The third-order valence-electron chi connectivity index (χ3n) is 2.89. The predicted molar refractivity (Wildman–Crippen MR) is 88.4 cm³/mol. The van der Waals surface area contributed by atoms with Crippen LogP contribution in [0.15, 0.2) is 36.5 Å². The van der Waals surface area contributed by atoms with Crippen molar-refractivity contribution in [3.8, 4) is 0 Å². The van der Waals surface area contributed by atoms with Crippen molar-refractivity contribution in [1.29, 1.82) is 0 Å². The van der Waals surface area contributed by atoms with Crippen molar-refractivity contribution < 1.29 is 4.79 Å². The van der Waals surface area contributed by atoms with Crippen molar-refractivity contribution in [3.05, 3.63) is 51.5 Å². The van der Waals surface area contributed by atoms with Crippen LogP contribution in [0.1, 0.15) is 9.67 Å². The maximum atomic E-state index is 12.3. The molecule has 1 aromatic carbocycles. The number of halogens is 2. The smallest absolute Gasteiger partial charge is 0.267 e. The summed E-state index contributed by atoms with van der Waals surface area (Å²) in [4.78, 5) is 17.7. The zero-order chi connectivity index (χ0) is 15.0. The number of carbonyl (C=O) groups is 1. The van der Waals surface area contributed by atoms with Crippen LogP contribution in [-0.4, -0.2) is 10.9 Å². The van der Waals surface area contributed by atoms with Gasteiger partial charge in [0, 0.05) is 16.6 Å². The van der Waals surface area contributed by atoms with Gasteiger partial charge in [0.25, 0.3) is 5.91 Å². The number of nitrogens with two attached hydrogens (primary N) is 1. The SMILES string of the molecule is Nc1c(C(=O)Nc2ccc(Cl)cc2Cl)sc2ncccc12. The van der Waals surface area contributed by atoms with Gasteiger partial charge in [-0.1, -0.05) is 23.2 Å². The van der Waals surface area contributed by atoms with Crippen molar-refractivity contribution in [2.24, 2.45) is 0 Å². The number of nitrogens with zero attached hydrogens (tertiary/aromatic N) is 1. The maximum absolute atomic E-state index is 12.3. The van der Waals surface area contributed by atoms with E-state index in [-0.39, 0.29) is 5.91 Å². The Morgan fingerprint density at radius 1 is 1.29 bits per heavy atom. The number of fused-ring (bicyclic) bond motifs is 1. The molecule has 3 N–H and O–H groups in total. The molecule has 21 heavy (non-hydrogen) atoms. The van der Waals surface area contributed by atoms with E-state index < -0.39 is 0 Å². The summed E-state index contributed by atoms with van der Waals surface area (Å²) in [7, 11) is 0. The molecule has 3 rings (SSSR count). The van der Waals surface area contributed by atoms with Gasteiger partial charge in [0.15, 0.2) is 0 Å². The van der Waals surface area contributed by atoms with Gasteiger partial charge in [0.05, 0.1) is 16.4 Å². The largest absolute Gasteiger partial charge is 0.397 e. The Kier molecular flexibility index (Phi) is 3.71. The third kappa shape index (κ3) is 2.68. The molecule has 7 heteroatoms. The monoisotopic (exact) mass is 337 g/mol. The number of nitrogens with one attached hydrogen (secondary N) is 1. The zero-order valence-corrected chi connectivity index (χ0v) is 12.9. The normalized spacial score (nSPS) is 10.8. The lowest BCUT2D eigenvalue weighted by molar-refractivity contribution is 0.103. The summed E-state index contributed by atoms with van der Waals surface area (Å²) >= 11 is 13.1. The Hall–Kier alpha value is -1.82. The van der Waals surface area contributed by atoms with E-state index in [1.54, 1.807) is 30.5 Å². The molecule has 2 heterocycles. The van der Waals surface area contributed by atoms with Crippen LogP contribution in [0.5, 0.6) is 0 Å². The van der Waals surface area contributed by atoms with E-state index >= 15 is 0 Å². The third-order valence-corrected chi connectivity index (χ3v) is 4.57. The number of amides is 1. The summed E-state index contributed by atoms with van der Waals surface area (Å²) < 4.78 is 0. The van der Waals surface area contributed by atoms with E-state index in [0.29, 0.717) is 26.3 Å². The number of rotatable bonds is 2. The molecule has 0 aliphatic rings. The Labute approximate surface area is 134 Å². The summed E-state index contributed by atoms with van der Waals surface area (Å²) in [6.07, 6.45) is 1.66. The van der Waals surface area contributed by atoms with E-state index in [1.807, 2.05) is 6.07 Å². The second-order valence-electron chi connectivity index (χ2n) is 4.28. The second kappa shape index (κ2) is 5.52. The number of benzene rings is 1. The van der Waals surface area contributed by atoms with E-state index in [1.165, 1.54) is 11.3 Å². The minimum absolute atomic E-state index is 0.320. The molecule has 0 fully saturated rings. The average Bonchev–Trinajstić information content (AvgIpc) is 2.80. The summed E-state index contributed by atoms with van der Waals surface area (Å²) in [6.45, 7) is 0. The highest BCUT2D eigenvalue weighted by Gasteiger charge is 2.17. The van der Waals surface area contributed by atoms with Crippen LogP contribution in [0.25, 0.3) is 10.2 Å². The van der Waals surface area contributed by atoms with Crippen molar-refractivity contribution in [1.82, 2.24) is 4.98 Å². The molecule has 2 aromatic heterocycles. The van der Waals surface area contributed by atoms with Gasteiger partial charge in [-0.05, 0) is 30.3 Å². The molecule has 106 valence electrons. The molecule has 0 aliphatic carbocycles. The number of nitrogen functional groups attached to an aromatic ring is 1. The van der Waals surface area contributed by atoms with E-state index in [4.69, 9.17) is 28.9 Å². The first-order valence-electron chi connectivity index (χ1n) is 5.95. The highest BCUT2D eigenvalue weighted by Crippen LogP contribution is 2.33. The van der Waals surface area contributed by atoms with Gasteiger partial charge in [-0.15, -0.1) is 11.3 Å². The van der Waals surface area contributed by atoms with Crippen LogP contribution in [0.3, 0.4) is 0 Å². The molecule has 3 aromatic rings. The first-order chi connectivity index (χ1) is 10.1. The number of aromatic nitrogens is 1. The Morgan fingerprint density at radius 3 is 2.81 bits per heavy atom. The fourth-order valence-electron chi connectivity index (χ4n) is 1.89. The summed E-state index contributed by atoms with van der Waals surface area (Å²) in [6, 6.07) is 8.47. The molecule has 0 saturated heterocycles. The van der Waals surface area contributed by atoms with Crippen LogP contribution in [0.2, 0.25) is 10.0 Å². The quantitative estimate of drug-likeness (QED) is 0.726. The number of pyridine rings is 1. The lowest BCUT2D eigenvalue weighted by Gasteiger charge is -2.06. The van der Waals surface area contributed by atoms with Crippen LogP contribution in [0.4, 0.5) is 11.4 Å². The molecular weight excluding hydrogens is 329 g/mol. The maximum Gasteiger partial charge on any atom is 0.267 e. The fourth-order valence-corrected chi connectivity index (χ4v) is 3.30. The molecule has 0 bridgehead atoms. The summed E-state index contributed by atoms with van der Waals surface area (Å²) in [5, 5.41) is 4.37. The van der Waals surface area contributed by atoms with Gasteiger partial charge in [-0.3, -0.25) is 4.79 Å². The number of carbonyl (C=O) groups excluding carboxylic acids is 1. The second-order valence-corrected chi connectivity index (χ2v) is 6.12. The number of hydrogen-bond acceptors (Lipinski definition) is 4. The van der Waals surface area contributed by atoms with Crippen molar-refractivity contribution in [2.75, 3.05) is 11.1 Å². The Bertz CT molecular complexity index is 847. The van der Waals surface area contributed by atoms with Crippen LogP contribution in [-0.2, 0) is 0 Å². The molecule has 0 radical (unpaired) electrons. The standard InChI is InChI=1S/C14H9Cl2N3OS/c15-7-3-4-10(9(16)6-7)19-13(20)12-11(17)8-2-1-5-18-14(8)21-12/h1-6H,17H2,(H,19,20). The van der Waals surface area contributed by atoms with E-state index in [2.05, 4.69) is 10.3 Å². The highest BCUT2D eigenvalue weighted by molar-refractivity contribution is 7.21. The van der Waals surface area contributed by atoms with Gasteiger partial charge < -0.3 is 11.1 Å². The fraction of sp³-hybridized carbons (Fsp3) is 0. The van der Waals surface area contributed by atoms with Gasteiger partial charge in [0.1, 0.15) is 9.71 Å². The molecule has 0 atom stereocenters.